The lowest BCUT2D eigenvalue weighted by Crippen LogP contribution is -2.21. The highest BCUT2D eigenvalue weighted by Gasteiger charge is 2.28. The second-order valence-corrected chi connectivity index (χ2v) is 6.33. The van der Waals surface area contributed by atoms with Gasteiger partial charge in [-0.2, -0.15) is 0 Å². The van der Waals surface area contributed by atoms with E-state index >= 15 is 0 Å². The fourth-order valence-corrected chi connectivity index (χ4v) is 3.67. The maximum Gasteiger partial charge on any atom is 0.0828 e. The Morgan fingerprint density at radius 3 is 2.82 bits per heavy atom. The summed E-state index contributed by atoms with van der Waals surface area (Å²) in [6.45, 7) is 2.27. The molecular weight excluding hydrogens is 323 g/mol. The SMILES string of the molecule is CCC1CCCC(C(O)c2ccccc2I)C1. The van der Waals surface area contributed by atoms with Gasteiger partial charge in [0, 0.05) is 3.57 Å². The fraction of sp³-hybridized carbons (Fsp3) is 0.600. The van der Waals surface area contributed by atoms with Gasteiger partial charge in [0.15, 0.2) is 0 Å². The zero-order valence-corrected chi connectivity index (χ0v) is 12.6. The average Bonchev–Trinajstić information content (AvgIpc) is 2.38. The molecule has 0 bridgehead atoms. The number of hydrogen-bond acceptors (Lipinski definition) is 1. The summed E-state index contributed by atoms with van der Waals surface area (Å²) < 4.78 is 1.19. The quantitative estimate of drug-likeness (QED) is 0.798. The molecule has 3 unspecified atom stereocenters. The van der Waals surface area contributed by atoms with Gasteiger partial charge >= 0.3 is 0 Å². The molecule has 0 aromatic heterocycles. The molecule has 2 rings (SSSR count). The van der Waals surface area contributed by atoms with Crippen LogP contribution >= 0.6 is 22.6 Å². The summed E-state index contributed by atoms with van der Waals surface area (Å²) >= 11 is 2.33. The molecule has 1 nitrogen and oxygen atoms in total. The van der Waals surface area contributed by atoms with Gasteiger partial charge < -0.3 is 5.11 Å². The Morgan fingerprint density at radius 1 is 1.35 bits per heavy atom. The highest BCUT2D eigenvalue weighted by atomic mass is 127. The van der Waals surface area contributed by atoms with E-state index in [9.17, 15) is 5.11 Å². The highest BCUT2D eigenvalue weighted by molar-refractivity contribution is 14.1. The van der Waals surface area contributed by atoms with Gasteiger partial charge in [0.25, 0.3) is 0 Å². The van der Waals surface area contributed by atoms with E-state index in [-0.39, 0.29) is 6.10 Å². The molecule has 1 fully saturated rings. The Hall–Kier alpha value is -0.0900. The van der Waals surface area contributed by atoms with Gasteiger partial charge in [0.2, 0.25) is 0 Å². The lowest BCUT2D eigenvalue weighted by molar-refractivity contribution is 0.0672. The molecule has 0 amide bonds. The molecule has 1 saturated carbocycles. The Labute approximate surface area is 118 Å². The van der Waals surface area contributed by atoms with E-state index in [1.807, 2.05) is 12.1 Å². The summed E-state index contributed by atoms with van der Waals surface area (Å²) in [5.74, 6) is 1.29. The van der Waals surface area contributed by atoms with Gasteiger partial charge in [0.1, 0.15) is 0 Å². The van der Waals surface area contributed by atoms with E-state index < -0.39 is 0 Å². The van der Waals surface area contributed by atoms with Crippen LogP contribution < -0.4 is 0 Å². The lowest BCUT2D eigenvalue weighted by atomic mass is 9.76. The van der Waals surface area contributed by atoms with Crippen molar-refractivity contribution in [3.8, 4) is 0 Å². The maximum atomic E-state index is 10.5. The van der Waals surface area contributed by atoms with Crippen molar-refractivity contribution in [2.75, 3.05) is 0 Å². The molecule has 1 aromatic rings. The standard InChI is InChI=1S/C15H21IO/c1-2-11-6-5-7-12(10-11)15(17)13-8-3-4-9-14(13)16/h3-4,8-9,11-12,15,17H,2,5-7,10H2,1H3. The van der Waals surface area contributed by atoms with Crippen LogP contribution in [0.25, 0.3) is 0 Å². The molecule has 1 aliphatic carbocycles. The number of aliphatic hydroxyl groups is 1. The van der Waals surface area contributed by atoms with Crippen molar-refractivity contribution in [1.29, 1.82) is 0 Å². The summed E-state index contributed by atoms with van der Waals surface area (Å²) in [7, 11) is 0. The van der Waals surface area contributed by atoms with E-state index in [0.29, 0.717) is 5.92 Å². The first-order valence-corrected chi connectivity index (χ1v) is 7.72. The molecule has 0 heterocycles. The Morgan fingerprint density at radius 2 is 2.12 bits per heavy atom. The molecule has 0 radical (unpaired) electrons. The fourth-order valence-electron chi connectivity index (χ4n) is 2.96. The van der Waals surface area contributed by atoms with Crippen LogP contribution in [0.4, 0.5) is 0 Å². The minimum Gasteiger partial charge on any atom is -0.388 e. The van der Waals surface area contributed by atoms with E-state index in [1.54, 1.807) is 0 Å². The molecule has 1 aliphatic rings. The van der Waals surface area contributed by atoms with Gasteiger partial charge in [-0.3, -0.25) is 0 Å². The Kier molecular flexibility index (Phi) is 4.86. The zero-order chi connectivity index (χ0) is 12.3. The van der Waals surface area contributed by atoms with Gasteiger partial charge in [-0.05, 0) is 58.9 Å². The first-order valence-electron chi connectivity index (χ1n) is 6.64. The van der Waals surface area contributed by atoms with Gasteiger partial charge in [-0.15, -0.1) is 0 Å². The van der Waals surface area contributed by atoms with Crippen molar-refractivity contribution >= 4 is 22.6 Å². The van der Waals surface area contributed by atoms with Gasteiger partial charge in [-0.25, -0.2) is 0 Å². The molecule has 1 N–H and O–H groups in total. The predicted octanol–water partition coefficient (Wildman–Crippen LogP) is 4.54. The topological polar surface area (TPSA) is 20.2 Å². The van der Waals surface area contributed by atoms with Crippen LogP contribution in [0, 0.1) is 15.4 Å². The summed E-state index contributed by atoms with van der Waals surface area (Å²) in [5.41, 5.74) is 1.12. The third-order valence-corrected chi connectivity index (χ3v) is 5.05. The smallest absolute Gasteiger partial charge is 0.0828 e. The van der Waals surface area contributed by atoms with E-state index in [4.69, 9.17) is 0 Å². The second kappa shape index (κ2) is 6.19. The van der Waals surface area contributed by atoms with Crippen LogP contribution in [0.5, 0.6) is 0 Å². The molecule has 0 spiro atoms. The highest BCUT2D eigenvalue weighted by Crippen LogP contribution is 2.39. The molecule has 2 heteroatoms. The largest absolute Gasteiger partial charge is 0.388 e. The van der Waals surface area contributed by atoms with Crippen LogP contribution in [0.3, 0.4) is 0 Å². The van der Waals surface area contributed by atoms with Crippen molar-refractivity contribution in [2.24, 2.45) is 11.8 Å². The monoisotopic (exact) mass is 344 g/mol. The zero-order valence-electron chi connectivity index (χ0n) is 10.4. The molecule has 17 heavy (non-hydrogen) atoms. The van der Waals surface area contributed by atoms with Crippen LogP contribution in [-0.4, -0.2) is 5.11 Å². The molecule has 1 aromatic carbocycles. The van der Waals surface area contributed by atoms with Crippen LogP contribution in [-0.2, 0) is 0 Å². The molecular formula is C15H21IO. The average molecular weight is 344 g/mol. The minimum absolute atomic E-state index is 0.266. The molecule has 0 saturated heterocycles. The van der Waals surface area contributed by atoms with Gasteiger partial charge in [0.05, 0.1) is 6.10 Å². The van der Waals surface area contributed by atoms with E-state index in [2.05, 4.69) is 41.6 Å². The Balaban J connectivity index is 2.09. The summed E-state index contributed by atoms with van der Waals surface area (Å²) in [4.78, 5) is 0. The predicted molar refractivity (Wildman–Crippen MR) is 79.9 cm³/mol. The molecule has 94 valence electrons. The third-order valence-electron chi connectivity index (χ3n) is 4.07. The van der Waals surface area contributed by atoms with Crippen LogP contribution in [0.2, 0.25) is 0 Å². The van der Waals surface area contributed by atoms with Crippen molar-refractivity contribution in [2.45, 2.75) is 45.1 Å². The van der Waals surface area contributed by atoms with E-state index in [1.165, 1.54) is 35.7 Å². The van der Waals surface area contributed by atoms with Crippen molar-refractivity contribution in [1.82, 2.24) is 0 Å². The Bertz CT molecular complexity index is 364. The minimum atomic E-state index is -0.266. The molecule has 0 aliphatic heterocycles. The van der Waals surface area contributed by atoms with Crippen LogP contribution in [0.15, 0.2) is 24.3 Å². The number of halogens is 1. The third kappa shape index (κ3) is 3.22. The van der Waals surface area contributed by atoms with Crippen LogP contribution in [0.1, 0.15) is 50.7 Å². The summed E-state index contributed by atoms with van der Waals surface area (Å²) in [6.07, 6.45) is 6.01. The van der Waals surface area contributed by atoms with Gasteiger partial charge in [-0.1, -0.05) is 44.4 Å². The van der Waals surface area contributed by atoms with Crippen molar-refractivity contribution in [3.63, 3.8) is 0 Å². The lowest BCUT2D eigenvalue weighted by Gasteiger charge is -2.32. The number of benzene rings is 1. The summed E-state index contributed by atoms with van der Waals surface area (Å²) in [6, 6.07) is 8.22. The maximum absolute atomic E-state index is 10.5. The first kappa shape index (κ1) is 13.3. The normalized spacial score (nSPS) is 26.8. The summed E-state index contributed by atoms with van der Waals surface area (Å²) in [5, 5.41) is 10.5. The number of rotatable bonds is 3. The number of hydrogen-bond donors (Lipinski definition) is 1. The first-order chi connectivity index (χ1) is 8.22. The van der Waals surface area contributed by atoms with Crippen molar-refractivity contribution < 1.29 is 5.11 Å². The van der Waals surface area contributed by atoms with E-state index in [0.717, 1.165) is 11.5 Å². The second-order valence-electron chi connectivity index (χ2n) is 5.17. The van der Waals surface area contributed by atoms with Crippen molar-refractivity contribution in [3.05, 3.63) is 33.4 Å². The number of aliphatic hydroxyl groups excluding tert-OH is 1. The molecule has 3 atom stereocenters.